The fraction of sp³-hybridized carbons (Fsp3) is 0.400. The van der Waals surface area contributed by atoms with Gasteiger partial charge in [-0.1, -0.05) is 11.8 Å². The Morgan fingerprint density at radius 3 is 2.71 bits per heavy atom. The number of imidazole rings is 1. The lowest BCUT2D eigenvalue weighted by Crippen LogP contribution is -2.36. The number of anilines is 2. The summed E-state index contributed by atoms with van der Waals surface area (Å²) in [6, 6.07) is 3.58. The first-order valence-electron chi connectivity index (χ1n) is 10.2. The average Bonchev–Trinajstić information content (AvgIpc) is 3.33. The lowest BCUT2D eigenvalue weighted by molar-refractivity contribution is -0.118. The molecular formula is C20H23F2N5O6S2. The summed E-state index contributed by atoms with van der Waals surface area (Å²) in [5.74, 6) is 2.72. The van der Waals surface area contributed by atoms with Crippen molar-refractivity contribution in [3.8, 4) is 17.1 Å². The highest BCUT2D eigenvalue weighted by Crippen LogP contribution is 2.40. The van der Waals surface area contributed by atoms with Crippen LogP contribution >= 0.6 is 11.8 Å². The number of carbonyl (C=O) groups is 1. The van der Waals surface area contributed by atoms with Crippen molar-refractivity contribution in [2.24, 2.45) is 5.73 Å². The second-order valence-electron chi connectivity index (χ2n) is 7.67. The summed E-state index contributed by atoms with van der Waals surface area (Å²) >= 11 is 1.05. The monoisotopic (exact) mass is 531 g/mol. The number of primary amides is 1. The van der Waals surface area contributed by atoms with E-state index in [4.69, 9.17) is 15.0 Å². The second-order valence-corrected chi connectivity index (χ2v) is 10.1. The molecule has 15 heteroatoms. The van der Waals surface area contributed by atoms with Crippen LogP contribution in [0.15, 0.2) is 29.4 Å². The van der Waals surface area contributed by atoms with Crippen molar-refractivity contribution in [3.05, 3.63) is 29.4 Å². The molecule has 0 radical (unpaired) electrons. The Labute approximate surface area is 204 Å². The van der Waals surface area contributed by atoms with Gasteiger partial charge in [0.25, 0.3) is 16.5 Å². The summed E-state index contributed by atoms with van der Waals surface area (Å²) in [5.41, 5.74) is 6.62. The van der Waals surface area contributed by atoms with Crippen LogP contribution in [0.4, 0.5) is 20.3 Å². The molecule has 1 aromatic carbocycles. The van der Waals surface area contributed by atoms with E-state index in [2.05, 4.69) is 10.3 Å². The van der Waals surface area contributed by atoms with Crippen molar-refractivity contribution >= 4 is 45.2 Å². The number of thioether (sulfide) groups is 1. The molecule has 2 atom stereocenters. The highest BCUT2D eigenvalue weighted by Gasteiger charge is 2.39. The third kappa shape index (κ3) is 6.51. The molecule has 0 spiro atoms. The number of hydrogen-bond donors (Lipinski definition) is 3. The van der Waals surface area contributed by atoms with Crippen LogP contribution in [0.5, 0.6) is 5.75 Å². The van der Waals surface area contributed by atoms with Crippen molar-refractivity contribution in [3.63, 3.8) is 0 Å². The van der Waals surface area contributed by atoms with E-state index in [9.17, 15) is 26.8 Å². The molecule has 190 valence electrons. The zero-order valence-corrected chi connectivity index (χ0v) is 20.3. The average molecular weight is 532 g/mol. The third-order valence-corrected chi connectivity index (χ3v) is 6.01. The van der Waals surface area contributed by atoms with Crippen molar-refractivity contribution in [1.82, 2.24) is 9.55 Å². The first-order chi connectivity index (χ1) is 16.4. The van der Waals surface area contributed by atoms with Gasteiger partial charge in [-0.25, -0.2) is 18.6 Å². The van der Waals surface area contributed by atoms with E-state index in [-0.39, 0.29) is 16.6 Å². The van der Waals surface area contributed by atoms with Gasteiger partial charge in [0.05, 0.1) is 18.4 Å². The normalized spacial score (nSPS) is 17.8. The predicted octanol–water partition coefficient (Wildman–Crippen LogP) is 1.59. The number of benzene rings is 1. The summed E-state index contributed by atoms with van der Waals surface area (Å²) < 4.78 is 60.5. The number of alkyl halides is 2. The van der Waals surface area contributed by atoms with Gasteiger partial charge in [0.2, 0.25) is 5.91 Å². The standard InChI is InChI=1S/C19H19F2N5O3S.CH4O3S/c1-10(18(22)28)23-11-2-3-12-14(6-11)29-5-4-25-7-15(24-19(12)25)26-13(17(20)21)9-30-16(26)8-27;1-5(2,3)4/h2-3,6-7,10,13,17,23H,4-5,9H2,1H3,(H2,22,28);1H3,(H,2,3,4)/t10?,13-;/m0./s1. The number of aromatic nitrogens is 2. The Morgan fingerprint density at radius 2 is 2.11 bits per heavy atom. The van der Waals surface area contributed by atoms with E-state index in [0.717, 1.165) is 11.8 Å². The van der Waals surface area contributed by atoms with E-state index < -0.39 is 34.5 Å². The third-order valence-electron chi connectivity index (χ3n) is 4.95. The Bertz CT molecular complexity index is 1250. The number of amides is 1. The molecule has 1 amide bonds. The molecule has 35 heavy (non-hydrogen) atoms. The fourth-order valence-electron chi connectivity index (χ4n) is 3.39. The molecule has 1 aromatic heterocycles. The van der Waals surface area contributed by atoms with Crippen LogP contribution in [-0.2, 0) is 26.3 Å². The van der Waals surface area contributed by atoms with Gasteiger partial charge in [-0.2, -0.15) is 8.42 Å². The van der Waals surface area contributed by atoms with E-state index in [1.54, 1.807) is 37.3 Å². The number of hydrogen-bond acceptors (Lipinski definition) is 9. The number of halogens is 2. The van der Waals surface area contributed by atoms with E-state index >= 15 is 0 Å². The number of ether oxygens (including phenoxy) is 1. The molecule has 2 aliphatic heterocycles. The molecule has 1 fully saturated rings. The van der Waals surface area contributed by atoms with Gasteiger partial charge in [0.15, 0.2) is 16.8 Å². The smallest absolute Gasteiger partial charge is 0.261 e. The van der Waals surface area contributed by atoms with Crippen LogP contribution in [0.25, 0.3) is 11.4 Å². The Morgan fingerprint density at radius 1 is 1.43 bits per heavy atom. The number of fused-ring (bicyclic) bond motifs is 3. The maximum absolute atomic E-state index is 13.5. The zero-order valence-electron chi connectivity index (χ0n) is 18.6. The first-order valence-corrected chi connectivity index (χ1v) is 13.0. The van der Waals surface area contributed by atoms with Crippen molar-refractivity contribution < 1.29 is 36.1 Å². The molecule has 11 nitrogen and oxygen atoms in total. The van der Waals surface area contributed by atoms with Crippen LogP contribution in [0.2, 0.25) is 0 Å². The molecule has 0 bridgehead atoms. The van der Waals surface area contributed by atoms with Crippen molar-refractivity contribution in [2.45, 2.75) is 32.0 Å². The Balaban J connectivity index is 0.000000623. The molecule has 1 unspecified atom stereocenters. The van der Waals surface area contributed by atoms with E-state index in [1.807, 2.05) is 4.57 Å². The lowest BCUT2D eigenvalue weighted by Gasteiger charge is -2.22. The maximum atomic E-state index is 13.5. The number of carbonyl (C=O) groups excluding carboxylic acids is 2. The number of rotatable bonds is 5. The molecular weight excluding hydrogens is 508 g/mol. The van der Waals surface area contributed by atoms with E-state index in [1.165, 1.54) is 4.90 Å². The van der Waals surface area contributed by atoms with Gasteiger partial charge in [0, 0.05) is 23.7 Å². The van der Waals surface area contributed by atoms with E-state index in [0.29, 0.717) is 42.2 Å². The van der Waals surface area contributed by atoms with Crippen LogP contribution < -0.4 is 20.7 Å². The molecule has 0 saturated carbocycles. The summed E-state index contributed by atoms with van der Waals surface area (Å²) in [5, 5.41) is 3.10. The van der Waals surface area contributed by atoms with Crippen molar-refractivity contribution in [1.29, 1.82) is 0 Å². The van der Waals surface area contributed by atoms with Gasteiger partial charge >= 0.3 is 0 Å². The quantitative estimate of drug-likeness (QED) is 0.382. The summed E-state index contributed by atoms with van der Waals surface area (Å²) in [6.07, 6.45) is -0.262. The minimum Gasteiger partial charge on any atom is -0.491 e. The van der Waals surface area contributed by atoms with Gasteiger partial charge < -0.3 is 25.3 Å². The van der Waals surface area contributed by atoms with Crippen LogP contribution in [0.1, 0.15) is 6.92 Å². The molecule has 0 aliphatic carbocycles. The molecule has 3 heterocycles. The first kappa shape index (κ1) is 26.5. The largest absolute Gasteiger partial charge is 0.491 e. The van der Waals surface area contributed by atoms with Gasteiger partial charge in [-0.3, -0.25) is 9.35 Å². The van der Waals surface area contributed by atoms with Crippen molar-refractivity contribution in [2.75, 3.05) is 28.8 Å². The summed E-state index contributed by atoms with van der Waals surface area (Å²) in [7, 11) is -3.67. The maximum Gasteiger partial charge on any atom is 0.261 e. The number of nitrogens with zero attached hydrogens (tertiary/aromatic N) is 3. The number of nitrogens with one attached hydrogen (secondary N) is 1. The number of nitrogens with two attached hydrogens (primary N) is 1. The summed E-state index contributed by atoms with van der Waals surface area (Å²) in [4.78, 5) is 28.4. The predicted molar refractivity (Wildman–Crippen MR) is 127 cm³/mol. The van der Waals surface area contributed by atoms with Gasteiger partial charge in [-0.05, 0) is 19.1 Å². The molecule has 2 aliphatic rings. The Kier molecular flexibility index (Phi) is 8.05. The fourth-order valence-corrected chi connectivity index (χ4v) is 4.44. The summed E-state index contributed by atoms with van der Waals surface area (Å²) in [6.45, 7) is 2.45. The zero-order chi connectivity index (χ0) is 25.9. The lowest BCUT2D eigenvalue weighted by atomic mass is 10.1. The molecule has 2 aromatic rings. The SMILES string of the molecule is CC(Nc1ccc2c(c1)OCCn1cc(N3C(=C=O)SC[C@H]3C(F)F)nc1-2)C(N)=O.CS(=O)(=O)O. The van der Waals surface area contributed by atoms with Gasteiger partial charge in [-0.15, -0.1) is 0 Å². The molecule has 4 rings (SSSR count). The Hall–Kier alpha value is -3.13. The molecule has 4 N–H and O–H groups in total. The van der Waals surface area contributed by atoms with Gasteiger partial charge in [0.1, 0.15) is 30.3 Å². The topological polar surface area (TPSA) is 157 Å². The van der Waals surface area contributed by atoms with Crippen LogP contribution in [0.3, 0.4) is 0 Å². The second kappa shape index (κ2) is 10.6. The van der Waals surface area contributed by atoms with Crippen LogP contribution in [-0.4, -0.2) is 71.5 Å². The highest BCUT2D eigenvalue weighted by molar-refractivity contribution is 8.03. The highest BCUT2D eigenvalue weighted by atomic mass is 32.2. The molecule has 1 saturated heterocycles. The minimum absolute atomic E-state index is 0.0945. The van der Waals surface area contributed by atoms with Crippen LogP contribution in [0, 0.1) is 0 Å². The minimum atomic E-state index is -3.67.